The van der Waals surface area contributed by atoms with E-state index in [2.05, 4.69) is 26.0 Å². The lowest BCUT2D eigenvalue weighted by Crippen LogP contribution is -2.08. The maximum Gasteiger partial charge on any atom is 0.355 e. The van der Waals surface area contributed by atoms with Crippen molar-refractivity contribution in [2.45, 2.75) is 72.1 Å². The second kappa shape index (κ2) is 12.7. The molecule has 3 aromatic rings. The normalized spacial score (nSPS) is 11.9. The summed E-state index contributed by atoms with van der Waals surface area (Å²) in [5.41, 5.74) is 2.23. The predicted molar refractivity (Wildman–Crippen MR) is 138 cm³/mol. The first kappa shape index (κ1) is 25.9. The van der Waals surface area contributed by atoms with E-state index < -0.39 is 0 Å². The first-order valence-corrected chi connectivity index (χ1v) is 13.0. The molecule has 0 saturated carbocycles. The van der Waals surface area contributed by atoms with Crippen molar-refractivity contribution in [3.8, 4) is 17.2 Å². The van der Waals surface area contributed by atoms with Gasteiger partial charge in [0.15, 0.2) is 5.75 Å². The van der Waals surface area contributed by atoms with E-state index in [0.29, 0.717) is 24.7 Å². The smallest absolute Gasteiger partial charge is 0.355 e. The van der Waals surface area contributed by atoms with Gasteiger partial charge in [-0.3, -0.25) is 9.78 Å². The Morgan fingerprint density at radius 1 is 1.00 bits per heavy atom. The highest BCUT2D eigenvalue weighted by molar-refractivity contribution is 7.19. The maximum atomic E-state index is 11.5. The summed E-state index contributed by atoms with van der Waals surface area (Å²) >= 11 is 1.88. The minimum atomic E-state index is -0.365. The molecule has 6 heteroatoms. The number of ether oxygens (including phenoxy) is 2. The highest BCUT2D eigenvalue weighted by Gasteiger charge is 2.19. The summed E-state index contributed by atoms with van der Waals surface area (Å²) in [5, 5.41) is 1.31. The third-order valence-electron chi connectivity index (χ3n) is 6.02. The van der Waals surface area contributed by atoms with Crippen molar-refractivity contribution in [2.75, 3.05) is 13.7 Å². The molecule has 0 bridgehead atoms. The number of carbonyl (C=O) groups is 1. The van der Waals surface area contributed by atoms with E-state index >= 15 is 0 Å². The molecule has 0 aliphatic rings. The number of methoxy groups -OCH3 is 1. The number of hydrogen-bond donors (Lipinski definition) is 0. The molecule has 184 valence electrons. The van der Waals surface area contributed by atoms with Crippen molar-refractivity contribution >= 4 is 27.4 Å². The summed E-state index contributed by atoms with van der Waals surface area (Å²) in [4.78, 5) is 23.0. The van der Waals surface area contributed by atoms with Crippen LogP contribution in [0.15, 0.2) is 36.4 Å². The van der Waals surface area contributed by atoms with Gasteiger partial charge in [-0.25, -0.2) is 4.79 Å². The molecule has 2 aromatic carbocycles. The zero-order valence-corrected chi connectivity index (χ0v) is 21.8. The van der Waals surface area contributed by atoms with Crippen LogP contribution in [0, 0.1) is 13.8 Å². The van der Waals surface area contributed by atoms with Crippen LogP contribution in [-0.2, 0) is 9.68 Å². The van der Waals surface area contributed by atoms with E-state index in [4.69, 9.17) is 19.2 Å². The fraction of sp³-hybridized carbons (Fsp3) is 0.464. The molecule has 0 fully saturated rings. The molecule has 0 amide bonds. The van der Waals surface area contributed by atoms with Gasteiger partial charge in [-0.2, -0.15) is 0 Å². The molecule has 1 atom stereocenters. The van der Waals surface area contributed by atoms with Crippen LogP contribution in [0.5, 0.6) is 17.2 Å². The monoisotopic (exact) mass is 484 g/mol. The van der Waals surface area contributed by atoms with E-state index in [1.165, 1.54) is 33.4 Å². The summed E-state index contributed by atoms with van der Waals surface area (Å²) in [6, 6.07) is 11.9. The van der Waals surface area contributed by atoms with E-state index in [1.807, 2.05) is 43.4 Å². The summed E-state index contributed by atoms with van der Waals surface area (Å²) < 4.78 is 12.8. The molecule has 0 radical (unpaired) electrons. The lowest BCUT2D eigenvalue weighted by molar-refractivity contribution is -0.214. The van der Waals surface area contributed by atoms with E-state index in [1.54, 1.807) is 13.2 Å². The highest BCUT2D eigenvalue weighted by Crippen LogP contribution is 2.40. The van der Waals surface area contributed by atoms with Gasteiger partial charge >= 0.3 is 5.97 Å². The van der Waals surface area contributed by atoms with Crippen LogP contribution >= 0.6 is 11.3 Å². The molecule has 1 heterocycles. The molecule has 1 aromatic heterocycles. The van der Waals surface area contributed by atoms with Crippen molar-refractivity contribution in [1.82, 2.24) is 0 Å². The number of unbranched alkanes of at least 4 members (excludes halogenated alkanes) is 1. The SMILES string of the molecule is CCCCC(CCOc1ccc(OOC(=O)CCC)c(C)c1)c1sc2cc(OC)ccc2c1C. The van der Waals surface area contributed by atoms with Gasteiger partial charge < -0.3 is 9.47 Å². The zero-order valence-electron chi connectivity index (χ0n) is 20.9. The maximum absolute atomic E-state index is 11.5. The van der Waals surface area contributed by atoms with Gasteiger partial charge in [0.05, 0.1) is 13.7 Å². The van der Waals surface area contributed by atoms with Crippen molar-refractivity contribution in [3.63, 3.8) is 0 Å². The van der Waals surface area contributed by atoms with Crippen LogP contribution in [0.2, 0.25) is 0 Å². The molecule has 0 spiro atoms. The predicted octanol–water partition coefficient (Wildman–Crippen LogP) is 7.91. The average Bonchev–Trinajstić information content (AvgIpc) is 3.16. The number of fused-ring (bicyclic) bond motifs is 1. The van der Waals surface area contributed by atoms with Crippen molar-refractivity contribution in [2.24, 2.45) is 0 Å². The molecule has 0 aliphatic heterocycles. The molecule has 3 rings (SSSR count). The van der Waals surface area contributed by atoms with Gasteiger partial charge in [-0.05, 0) is 86.4 Å². The average molecular weight is 485 g/mol. The molecular weight excluding hydrogens is 448 g/mol. The first-order chi connectivity index (χ1) is 16.5. The van der Waals surface area contributed by atoms with E-state index in [0.717, 1.165) is 36.3 Å². The molecule has 1 unspecified atom stereocenters. The third kappa shape index (κ3) is 6.66. The number of carbonyl (C=O) groups excluding carboxylic acids is 1. The highest BCUT2D eigenvalue weighted by atomic mass is 32.1. The Morgan fingerprint density at radius 3 is 2.50 bits per heavy atom. The minimum Gasteiger partial charge on any atom is -0.497 e. The minimum absolute atomic E-state index is 0.340. The van der Waals surface area contributed by atoms with Crippen molar-refractivity contribution in [3.05, 3.63) is 52.4 Å². The number of aryl methyl sites for hydroxylation is 2. The topological polar surface area (TPSA) is 54.0 Å². The standard InChI is InChI=1S/C28H36O5S/c1-6-8-10-21(28-20(4)24-13-11-22(30-5)18-26(24)34-28)15-16-31-23-12-14-25(19(3)17-23)32-33-27(29)9-7-2/h11-14,17-18,21H,6-10,15-16H2,1-5H3. The van der Waals surface area contributed by atoms with Crippen LogP contribution in [0.4, 0.5) is 0 Å². The number of hydrogen-bond acceptors (Lipinski definition) is 6. The quantitative estimate of drug-likeness (QED) is 0.182. The third-order valence-corrected chi connectivity index (χ3v) is 7.44. The lowest BCUT2D eigenvalue weighted by atomic mass is 9.94. The Bertz CT molecular complexity index is 1090. The molecule has 0 saturated heterocycles. The number of benzene rings is 2. The Labute approximate surface area is 206 Å². The fourth-order valence-electron chi connectivity index (χ4n) is 4.06. The molecule has 0 aliphatic carbocycles. The largest absolute Gasteiger partial charge is 0.497 e. The van der Waals surface area contributed by atoms with Crippen molar-refractivity contribution in [1.29, 1.82) is 0 Å². The molecule has 0 N–H and O–H groups in total. The lowest BCUT2D eigenvalue weighted by Gasteiger charge is -2.17. The van der Waals surface area contributed by atoms with Crippen LogP contribution in [-0.4, -0.2) is 19.7 Å². The van der Waals surface area contributed by atoms with Gasteiger partial charge in [0, 0.05) is 21.6 Å². The van der Waals surface area contributed by atoms with E-state index in [-0.39, 0.29) is 5.97 Å². The second-order valence-electron chi connectivity index (χ2n) is 8.65. The van der Waals surface area contributed by atoms with Crippen LogP contribution in [0.1, 0.15) is 74.3 Å². The summed E-state index contributed by atoms with van der Waals surface area (Å²) in [5.74, 6) is 2.31. The van der Waals surface area contributed by atoms with Gasteiger partial charge in [-0.1, -0.05) is 26.7 Å². The second-order valence-corrected chi connectivity index (χ2v) is 9.73. The Morgan fingerprint density at radius 2 is 1.79 bits per heavy atom. The van der Waals surface area contributed by atoms with E-state index in [9.17, 15) is 4.79 Å². The zero-order chi connectivity index (χ0) is 24.5. The fourth-order valence-corrected chi connectivity index (χ4v) is 5.47. The van der Waals surface area contributed by atoms with Gasteiger partial charge in [0.25, 0.3) is 0 Å². The van der Waals surface area contributed by atoms with Crippen LogP contribution in [0.3, 0.4) is 0 Å². The van der Waals surface area contributed by atoms with Gasteiger partial charge in [0.1, 0.15) is 11.5 Å². The number of rotatable bonds is 13. The molecular formula is C28H36O5S. The number of thiophene rings is 1. The Balaban J connectivity index is 1.65. The van der Waals surface area contributed by atoms with Gasteiger partial charge in [-0.15, -0.1) is 11.3 Å². The molecule has 34 heavy (non-hydrogen) atoms. The molecule has 5 nitrogen and oxygen atoms in total. The van der Waals surface area contributed by atoms with Crippen LogP contribution in [0.25, 0.3) is 10.1 Å². The Kier molecular flexibility index (Phi) is 9.63. The van der Waals surface area contributed by atoms with Crippen LogP contribution < -0.4 is 14.4 Å². The van der Waals surface area contributed by atoms with Crippen molar-refractivity contribution < 1.29 is 24.0 Å². The Hall–Kier alpha value is -2.73. The van der Waals surface area contributed by atoms with Gasteiger partial charge in [0.2, 0.25) is 0 Å². The first-order valence-electron chi connectivity index (χ1n) is 12.1. The summed E-state index contributed by atoms with van der Waals surface area (Å²) in [7, 11) is 1.71. The summed E-state index contributed by atoms with van der Waals surface area (Å²) in [6.07, 6.45) is 5.55. The summed E-state index contributed by atoms with van der Waals surface area (Å²) in [6.45, 7) is 8.94.